The minimum absolute atomic E-state index is 0.219. The first-order chi connectivity index (χ1) is 11.1. The van der Waals surface area contributed by atoms with Crippen molar-refractivity contribution < 1.29 is 19.5 Å². The highest BCUT2D eigenvalue weighted by Crippen LogP contribution is 2.24. The van der Waals surface area contributed by atoms with E-state index in [1.165, 1.54) is 6.20 Å². The Morgan fingerprint density at radius 1 is 1.22 bits per heavy atom. The van der Waals surface area contributed by atoms with Gasteiger partial charge in [-0.25, -0.2) is 10.3 Å². The van der Waals surface area contributed by atoms with Gasteiger partial charge in [-0.1, -0.05) is 19.1 Å². The van der Waals surface area contributed by atoms with Gasteiger partial charge in [0.2, 0.25) is 0 Å². The van der Waals surface area contributed by atoms with Crippen LogP contribution in [-0.4, -0.2) is 28.7 Å². The van der Waals surface area contributed by atoms with Crippen LogP contribution in [0.4, 0.5) is 4.79 Å². The van der Waals surface area contributed by atoms with Gasteiger partial charge in [-0.05, 0) is 30.2 Å². The molecule has 1 aromatic carbocycles. The number of rotatable bonds is 5. The summed E-state index contributed by atoms with van der Waals surface area (Å²) < 4.78 is 5.19. The average Bonchev–Trinajstić information content (AvgIpc) is 2.59. The first-order valence-corrected chi connectivity index (χ1v) is 7.09. The zero-order valence-electron chi connectivity index (χ0n) is 12.6. The van der Waals surface area contributed by atoms with Gasteiger partial charge in [0.15, 0.2) is 0 Å². The number of hydrogen-bond donors (Lipinski definition) is 3. The van der Waals surface area contributed by atoms with Gasteiger partial charge in [-0.3, -0.25) is 15.0 Å². The van der Waals surface area contributed by atoms with Crippen LogP contribution in [0.2, 0.25) is 0 Å². The summed E-state index contributed by atoms with van der Waals surface area (Å²) >= 11 is 0. The molecule has 2 rings (SSSR count). The van der Waals surface area contributed by atoms with Gasteiger partial charge < -0.3 is 10.1 Å². The molecule has 0 fully saturated rings. The third-order valence-electron chi connectivity index (χ3n) is 3.00. The smallest absolute Gasteiger partial charge is 0.410 e. The van der Waals surface area contributed by atoms with E-state index < -0.39 is 12.0 Å². The number of hydrogen-bond acceptors (Lipinski definition) is 5. The summed E-state index contributed by atoms with van der Waals surface area (Å²) in [5, 5.41) is 11.3. The quantitative estimate of drug-likeness (QED) is 0.581. The number of hydroxylamine groups is 1. The summed E-state index contributed by atoms with van der Waals surface area (Å²) in [5.41, 5.74) is 3.17. The van der Waals surface area contributed by atoms with E-state index in [4.69, 9.17) is 9.94 Å². The largest absolute Gasteiger partial charge is 0.412 e. The standard InChI is InChI=1S/C16H17N3O4/c1-2-6-18-16(21)23-14-5-3-4-11(8-14)12-7-13(10-17-9-12)15(20)19-22/h3-5,7-10,22H,2,6H2,1H3,(H,18,21)(H,19,20). The highest BCUT2D eigenvalue weighted by molar-refractivity contribution is 5.94. The third kappa shape index (κ3) is 4.52. The molecule has 0 aliphatic heterocycles. The first-order valence-electron chi connectivity index (χ1n) is 7.09. The fourth-order valence-electron chi connectivity index (χ4n) is 1.90. The van der Waals surface area contributed by atoms with Crippen LogP contribution in [0.5, 0.6) is 5.75 Å². The summed E-state index contributed by atoms with van der Waals surface area (Å²) in [7, 11) is 0. The molecule has 0 atom stereocenters. The number of amides is 2. The Bertz CT molecular complexity index is 703. The zero-order chi connectivity index (χ0) is 16.7. The Balaban J connectivity index is 2.19. The van der Waals surface area contributed by atoms with Gasteiger partial charge in [0.1, 0.15) is 5.75 Å². The van der Waals surface area contributed by atoms with Crippen LogP contribution >= 0.6 is 0 Å². The lowest BCUT2D eigenvalue weighted by atomic mass is 10.1. The molecule has 0 spiro atoms. The average molecular weight is 315 g/mol. The van der Waals surface area contributed by atoms with E-state index in [0.29, 0.717) is 17.9 Å². The van der Waals surface area contributed by atoms with Crippen molar-refractivity contribution in [3.8, 4) is 16.9 Å². The molecular formula is C16H17N3O4. The van der Waals surface area contributed by atoms with E-state index >= 15 is 0 Å². The summed E-state index contributed by atoms with van der Waals surface area (Å²) in [5.74, 6) is -0.265. The molecule has 0 aliphatic carbocycles. The van der Waals surface area contributed by atoms with E-state index in [2.05, 4.69) is 10.3 Å². The Hall–Kier alpha value is -2.93. The number of nitrogens with zero attached hydrogens (tertiary/aromatic N) is 1. The third-order valence-corrected chi connectivity index (χ3v) is 3.00. The lowest BCUT2D eigenvalue weighted by Gasteiger charge is -2.08. The molecule has 0 unspecified atom stereocenters. The SMILES string of the molecule is CCCNC(=O)Oc1cccc(-c2cncc(C(=O)NO)c2)c1. The number of carbonyl (C=O) groups is 2. The number of benzene rings is 1. The normalized spacial score (nSPS) is 10.0. The van der Waals surface area contributed by atoms with Crippen LogP contribution in [0.3, 0.4) is 0 Å². The molecule has 7 nitrogen and oxygen atoms in total. The molecule has 0 saturated carbocycles. The van der Waals surface area contributed by atoms with Crippen molar-refractivity contribution in [3.05, 3.63) is 48.3 Å². The van der Waals surface area contributed by atoms with Gasteiger partial charge in [0.25, 0.3) is 5.91 Å². The van der Waals surface area contributed by atoms with E-state index in [9.17, 15) is 9.59 Å². The van der Waals surface area contributed by atoms with Crippen LogP contribution in [0.1, 0.15) is 23.7 Å². The van der Waals surface area contributed by atoms with Gasteiger partial charge in [0, 0.05) is 24.5 Å². The van der Waals surface area contributed by atoms with Crippen molar-refractivity contribution in [2.75, 3.05) is 6.54 Å². The second-order valence-corrected chi connectivity index (χ2v) is 4.75. The Labute approximate surface area is 133 Å². The molecule has 23 heavy (non-hydrogen) atoms. The van der Waals surface area contributed by atoms with Gasteiger partial charge in [-0.2, -0.15) is 0 Å². The van der Waals surface area contributed by atoms with Gasteiger partial charge in [-0.15, -0.1) is 0 Å². The molecule has 0 aliphatic rings. The summed E-state index contributed by atoms with van der Waals surface area (Å²) in [6, 6.07) is 8.44. The van der Waals surface area contributed by atoms with Crippen molar-refractivity contribution in [3.63, 3.8) is 0 Å². The molecule has 3 N–H and O–H groups in total. The second kappa shape index (κ2) is 7.90. The van der Waals surface area contributed by atoms with E-state index in [-0.39, 0.29) is 5.56 Å². The molecule has 0 radical (unpaired) electrons. The summed E-state index contributed by atoms with van der Waals surface area (Å²) in [6.45, 7) is 2.49. The second-order valence-electron chi connectivity index (χ2n) is 4.75. The highest BCUT2D eigenvalue weighted by Gasteiger charge is 2.09. The van der Waals surface area contributed by atoms with Crippen molar-refractivity contribution >= 4 is 12.0 Å². The van der Waals surface area contributed by atoms with Crippen molar-refractivity contribution in [2.45, 2.75) is 13.3 Å². The Kier molecular flexibility index (Phi) is 5.65. The maximum atomic E-state index is 11.6. The zero-order valence-corrected chi connectivity index (χ0v) is 12.6. The van der Waals surface area contributed by atoms with Crippen LogP contribution in [0, 0.1) is 0 Å². The topological polar surface area (TPSA) is 101 Å². The minimum atomic E-state index is -0.648. The molecule has 1 aromatic heterocycles. The number of aromatic nitrogens is 1. The summed E-state index contributed by atoms with van der Waals surface area (Å²) in [4.78, 5) is 27.0. The molecule has 0 saturated heterocycles. The summed E-state index contributed by atoms with van der Waals surface area (Å²) in [6.07, 6.45) is 3.22. The number of pyridine rings is 1. The van der Waals surface area contributed by atoms with Crippen LogP contribution in [0.25, 0.3) is 11.1 Å². The molecule has 7 heteroatoms. The lowest BCUT2D eigenvalue weighted by Crippen LogP contribution is -2.27. The predicted molar refractivity (Wildman–Crippen MR) is 83.2 cm³/mol. The number of ether oxygens (including phenoxy) is 1. The van der Waals surface area contributed by atoms with Crippen LogP contribution in [-0.2, 0) is 0 Å². The van der Waals surface area contributed by atoms with Gasteiger partial charge >= 0.3 is 6.09 Å². The predicted octanol–water partition coefficient (Wildman–Crippen LogP) is 2.37. The monoisotopic (exact) mass is 315 g/mol. The highest BCUT2D eigenvalue weighted by atomic mass is 16.6. The maximum absolute atomic E-state index is 11.6. The molecule has 120 valence electrons. The minimum Gasteiger partial charge on any atom is -0.410 e. The molecule has 1 heterocycles. The lowest BCUT2D eigenvalue weighted by molar-refractivity contribution is 0.0706. The van der Waals surface area contributed by atoms with E-state index in [1.54, 1.807) is 42.0 Å². The van der Waals surface area contributed by atoms with Crippen molar-refractivity contribution in [1.29, 1.82) is 0 Å². The number of nitrogens with one attached hydrogen (secondary N) is 2. The Morgan fingerprint density at radius 3 is 2.78 bits per heavy atom. The van der Waals surface area contributed by atoms with E-state index in [0.717, 1.165) is 12.0 Å². The molecule has 2 aromatic rings. The molecular weight excluding hydrogens is 298 g/mol. The fraction of sp³-hybridized carbons (Fsp3) is 0.188. The first kappa shape index (κ1) is 16.4. The van der Waals surface area contributed by atoms with Crippen LogP contribution in [0.15, 0.2) is 42.7 Å². The van der Waals surface area contributed by atoms with Crippen LogP contribution < -0.4 is 15.5 Å². The van der Waals surface area contributed by atoms with Crippen molar-refractivity contribution in [1.82, 2.24) is 15.8 Å². The Morgan fingerprint density at radius 2 is 2.04 bits per heavy atom. The van der Waals surface area contributed by atoms with Crippen molar-refractivity contribution in [2.24, 2.45) is 0 Å². The fourth-order valence-corrected chi connectivity index (χ4v) is 1.90. The molecule has 2 amide bonds. The molecule has 0 bridgehead atoms. The maximum Gasteiger partial charge on any atom is 0.412 e. The number of carbonyl (C=O) groups excluding carboxylic acids is 2. The van der Waals surface area contributed by atoms with Gasteiger partial charge in [0.05, 0.1) is 5.56 Å². The van der Waals surface area contributed by atoms with E-state index in [1.807, 2.05) is 6.92 Å².